The molecule has 0 atom stereocenters. The second-order valence-corrected chi connectivity index (χ2v) is 5.41. The van der Waals surface area contributed by atoms with Gasteiger partial charge in [-0.1, -0.05) is 23.8 Å². The summed E-state index contributed by atoms with van der Waals surface area (Å²) in [5.74, 6) is 0.652. The second kappa shape index (κ2) is 5.63. The normalized spacial score (nSPS) is 14.3. The molecular weight excluding hydrogens is 248 g/mol. The smallest absolute Gasteiger partial charge is 0.212 e. The van der Waals surface area contributed by atoms with Gasteiger partial charge in [-0.15, -0.1) is 0 Å². The van der Waals surface area contributed by atoms with E-state index in [-0.39, 0.29) is 0 Å². The van der Waals surface area contributed by atoms with Crippen LogP contribution in [0.2, 0.25) is 0 Å². The lowest BCUT2D eigenvalue weighted by atomic mass is 9.98. The molecule has 1 aromatic heterocycles. The van der Waals surface area contributed by atoms with E-state index in [1.807, 2.05) is 12.3 Å². The van der Waals surface area contributed by atoms with Crippen LogP contribution in [0.5, 0.6) is 5.88 Å². The fourth-order valence-electron chi connectivity index (χ4n) is 2.32. The molecule has 104 valence electrons. The van der Waals surface area contributed by atoms with Gasteiger partial charge >= 0.3 is 0 Å². The molecule has 1 aliphatic rings. The number of rotatable bonds is 5. The van der Waals surface area contributed by atoms with E-state index in [9.17, 15) is 0 Å². The summed E-state index contributed by atoms with van der Waals surface area (Å²) in [4.78, 5) is 4.31. The summed E-state index contributed by atoms with van der Waals surface area (Å²) < 4.78 is 5.12. The minimum absolute atomic E-state index is 0.652. The zero-order valence-electron chi connectivity index (χ0n) is 12.0. The Kier molecular flexibility index (Phi) is 3.70. The standard InChI is InChI=1S/C17H20N2O/c1-12-3-4-13(10-18-15-6-7-15)16(9-12)14-5-8-17(20-2)19-11-14/h3-5,8-9,11,15,18H,6-7,10H2,1-2H3. The van der Waals surface area contributed by atoms with Crippen molar-refractivity contribution in [2.45, 2.75) is 32.4 Å². The van der Waals surface area contributed by atoms with Crippen molar-refractivity contribution in [3.63, 3.8) is 0 Å². The number of ether oxygens (including phenoxy) is 1. The van der Waals surface area contributed by atoms with Crippen molar-refractivity contribution in [2.75, 3.05) is 7.11 Å². The Balaban J connectivity index is 1.89. The molecule has 1 saturated carbocycles. The summed E-state index contributed by atoms with van der Waals surface area (Å²) in [7, 11) is 1.64. The molecule has 1 aliphatic carbocycles. The first-order chi connectivity index (χ1) is 9.76. The van der Waals surface area contributed by atoms with Crippen LogP contribution in [-0.2, 0) is 6.54 Å². The molecular formula is C17H20N2O. The maximum Gasteiger partial charge on any atom is 0.212 e. The Hall–Kier alpha value is -1.87. The number of methoxy groups -OCH3 is 1. The van der Waals surface area contributed by atoms with E-state index in [2.05, 4.69) is 41.5 Å². The van der Waals surface area contributed by atoms with Crippen molar-refractivity contribution in [3.8, 4) is 17.0 Å². The van der Waals surface area contributed by atoms with Crippen LogP contribution in [0.15, 0.2) is 36.5 Å². The number of benzene rings is 1. The van der Waals surface area contributed by atoms with Gasteiger partial charge in [0.05, 0.1) is 7.11 Å². The van der Waals surface area contributed by atoms with Crippen LogP contribution in [0.1, 0.15) is 24.0 Å². The number of nitrogens with zero attached hydrogens (tertiary/aromatic N) is 1. The van der Waals surface area contributed by atoms with Crippen molar-refractivity contribution < 1.29 is 4.74 Å². The average Bonchev–Trinajstić information content (AvgIpc) is 3.30. The minimum Gasteiger partial charge on any atom is -0.481 e. The summed E-state index contributed by atoms with van der Waals surface area (Å²) >= 11 is 0. The van der Waals surface area contributed by atoms with Crippen LogP contribution in [0, 0.1) is 6.92 Å². The lowest BCUT2D eigenvalue weighted by Gasteiger charge is -2.12. The highest BCUT2D eigenvalue weighted by Crippen LogP contribution is 2.27. The predicted octanol–water partition coefficient (Wildman–Crippen LogP) is 3.32. The van der Waals surface area contributed by atoms with E-state index >= 15 is 0 Å². The number of hydrogen-bond donors (Lipinski definition) is 1. The van der Waals surface area contributed by atoms with Crippen LogP contribution in [0.25, 0.3) is 11.1 Å². The lowest BCUT2D eigenvalue weighted by molar-refractivity contribution is 0.398. The summed E-state index contributed by atoms with van der Waals surface area (Å²) in [6.45, 7) is 3.05. The van der Waals surface area contributed by atoms with Gasteiger partial charge in [0.2, 0.25) is 5.88 Å². The van der Waals surface area contributed by atoms with Gasteiger partial charge in [-0.3, -0.25) is 0 Å². The van der Waals surface area contributed by atoms with Gasteiger partial charge in [-0.2, -0.15) is 0 Å². The van der Waals surface area contributed by atoms with E-state index in [1.54, 1.807) is 7.11 Å². The number of aryl methyl sites for hydroxylation is 1. The Morgan fingerprint density at radius 2 is 2.10 bits per heavy atom. The Labute approximate surface area is 120 Å². The van der Waals surface area contributed by atoms with Gasteiger partial charge in [0.25, 0.3) is 0 Å². The van der Waals surface area contributed by atoms with Crippen molar-refractivity contribution in [3.05, 3.63) is 47.7 Å². The Bertz CT molecular complexity index is 588. The molecule has 3 rings (SSSR count). The highest BCUT2D eigenvalue weighted by Gasteiger charge is 2.20. The van der Waals surface area contributed by atoms with E-state index in [0.29, 0.717) is 5.88 Å². The van der Waals surface area contributed by atoms with E-state index in [1.165, 1.54) is 29.5 Å². The monoisotopic (exact) mass is 268 g/mol. The van der Waals surface area contributed by atoms with E-state index in [0.717, 1.165) is 18.2 Å². The molecule has 0 amide bonds. The molecule has 20 heavy (non-hydrogen) atoms. The first-order valence-corrected chi connectivity index (χ1v) is 7.09. The van der Waals surface area contributed by atoms with Crippen LogP contribution in [0.3, 0.4) is 0 Å². The lowest BCUT2D eigenvalue weighted by Crippen LogP contribution is -2.15. The zero-order chi connectivity index (χ0) is 13.9. The van der Waals surface area contributed by atoms with Gasteiger partial charge in [-0.25, -0.2) is 4.98 Å². The first-order valence-electron chi connectivity index (χ1n) is 7.09. The SMILES string of the molecule is COc1ccc(-c2cc(C)ccc2CNC2CC2)cn1. The summed E-state index contributed by atoms with van der Waals surface area (Å²) in [6.07, 6.45) is 4.50. The highest BCUT2D eigenvalue weighted by atomic mass is 16.5. The van der Waals surface area contributed by atoms with Crippen molar-refractivity contribution in [1.82, 2.24) is 10.3 Å². The summed E-state index contributed by atoms with van der Waals surface area (Å²) in [5, 5.41) is 3.58. The third-order valence-electron chi connectivity index (χ3n) is 3.68. The molecule has 3 heteroatoms. The largest absolute Gasteiger partial charge is 0.481 e. The summed E-state index contributed by atoms with van der Waals surface area (Å²) in [6, 6.07) is 11.3. The van der Waals surface area contributed by atoms with E-state index in [4.69, 9.17) is 4.74 Å². The van der Waals surface area contributed by atoms with Gasteiger partial charge in [0.1, 0.15) is 0 Å². The average molecular weight is 268 g/mol. The maximum absolute atomic E-state index is 5.12. The molecule has 0 unspecified atom stereocenters. The van der Waals surface area contributed by atoms with Crippen molar-refractivity contribution in [2.24, 2.45) is 0 Å². The molecule has 0 saturated heterocycles. The third kappa shape index (κ3) is 2.99. The molecule has 1 fully saturated rings. The number of aromatic nitrogens is 1. The van der Waals surface area contributed by atoms with Crippen molar-refractivity contribution in [1.29, 1.82) is 0 Å². The van der Waals surface area contributed by atoms with Gasteiger partial charge in [-0.05, 0) is 37.0 Å². The highest BCUT2D eigenvalue weighted by molar-refractivity contribution is 5.67. The quantitative estimate of drug-likeness (QED) is 0.903. The second-order valence-electron chi connectivity index (χ2n) is 5.41. The fraction of sp³-hybridized carbons (Fsp3) is 0.353. The molecule has 3 nitrogen and oxygen atoms in total. The Morgan fingerprint density at radius 3 is 2.75 bits per heavy atom. The summed E-state index contributed by atoms with van der Waals surface area (Å²) in [5.41, 5.74) is 5.00. The van der Waals surface area contributed by atoms with Gasteiger partial charge in [0, 0.05) is 30.4 Å². The van der Waals surface area contributed by atoms with Gasteiger partial charge < -0.3 is 10.1 Å². The molecule has 0 radical (unpaired) electrons. The Morgan fingerprint density at radius 1 is 1.25 bits per heavy atom. The van der Waals surface area contributed by atoms with Crippen LogP contribution >= 0.6 is 0 Å². The van der Waals surface area contributed by atoms with E-state index < -0.39 is 0 Å². The number of pyridine rings is 1. The molecule has 1 N–H and O–H groups in total. The maximum atomic E-state index is 5.12. The zero-order valence-corrected chi connectivity index (χ0v) is 12.0. The molecule has 0 spiro atoms. The van der Waals surface area contributed by atoms with Crippen LogP contribution < -0.4 is 10.1 Å². The number of nitrogens with one attached hydrogen (secondary N) is 1. The first kappa shape index (κ1) is 13.1. The minimum atomic E-state index is 0.652. The van der Waals surface area contributed by atoms with Crippen LogP contribution in [0.4, 0.5) is 0 Å². The molecule has 1 heterocycles. The fourth-order valence-corrected chi connectivity index (χ4v) is 2.32. The predicted molar refractivity (Wildman–Crippen MR) is 80.8 cm³/mol. The van der Waals surface area contributed by atoms with Crippen molar-refractivity contribution >= 4 is 0 Å². The topological polar surface area (TPSA) is 34.1 Å². The third-order valence-corrected chi connectivity index (χ3v) is 3.68. The number of hydrogen-bond acceptors (Lipinski definition) is 3. The van der Waals surface area contributed by atoms with Crippen LogP contribution in [-0.4, -0.2) is 18.1 Å². The van der Waals surface area contributed by atoms with Gasteiger partial charge in [0.15, 0.2) is 0 Å². The molecule has 0 aliphatic heterocycles. The molecule has 0 bridgehead atoms. The molecule has 1 aromatic carbocycles. The molecule has 2 aromatic rings.